The highest BCUT2D eigenvalue weighted by Crippen LogP contribution is 2.37. The topological polar surface area (TPSA) is 62.1 Å². The molecule has 0 spiro atoms. The Labute approximate surface area is 163 Å². The summed E-state index contributed by atoms with van der Waals surface area (Å²) in [5, 5.41) is 13.4. The predicted octanol–water partition coefficient (Wildman–Crippen LogP) is 5.32. The molecule has 1 N–H and O–H groups in total. The number of fused-ring (bicyclic) bond motifs is 1. The largest absolute Gasteiger partial charge is 0.456 e. The van der Waals surface area contributed by atoms with Gasteiger partial charge in [-0.25, -0.2) is 4.79 Å². The third kappa shape index (κ3) is 4.21. The number of hydrogen-bond donors (Lipinski definition) is 1. The van der Waals surface area contributed by atoms with Gasteiger partial charge in [-0.2, -0.15) is 5.26 Å². The average molecular weight is 379 g/mol. The number of ether oxygens (including phenoxy) is 1. The van der Waals surface area contributed by atoms with Crippen LogP contribution in [-0.2, 0) is 9.53 Å². The van der Waals surface area contributed by atoms with Crippen molar-refractivity contribution in [3.05, 3.63) is 82.0 Å². The number of benzene rings is 2. The minimum atomic E-state index is -0.689. The number of halogens is 1. The number of nitrogens with zero attached hydrogens (tertiary/aromatic N) is 1. The fourth-order valence-corrected chi connectivity index (χ4v) is 2.96. The molecule has 27 heavy (non-hydrogen) atoms. The molecule has 0 aliphatic carbocycles. The molecule has 0 atom stereocenters. The van der Waals surface area contributed by atoms with Crippen molar-refractivity contribution in [1.82, 2.24) is 0 Å². The van der Waals surface area contributed by atoms with E-state index in [0.29, 0.717) is 10.7 Å². The standard InChI is InChI=1S/C22H19ClN2O2/c1-22(2,3)27-21(26)18(13-24)20-12-16(14-7-5-4-6-8-14)17-11-15(23)9-10-19(17)25-20/h4-12,25H,1-3H3/b20-18+. The van der Waals surface area contributed by atoms with Gasteiger partial charge in [0.2, 0.25) is 0 Å². The smallest absolute Gasteiger partial charge is 0.351 e. The van der Waals surface area contributed by atoms with E-state index in [1.807, 2.05) is 48.5 Å². The zero-order chi connectivity index (χ0) is 19.6. The van der Waals surface area contributed by atoms with Crippen LogP contribution < -0.4 is 5.32 Å². The van der Waals surface area contributed by atoms with Gasteiger partial charge in [0.05, 0.1) is 5.70 Å². The molecular formula is C22H19ClN2O2. The van der Waals surface area contributed by atoms with Gasteiger partial charge in [0.1, 0.15) is 11.7 Å². The normalized spacial score (nSPS) is 15.0. The van der Waals surface area contributed by atoms with Crippen molar-refractivity contribution in [2.45, 2.75) is 26.4 Å². The Morgan fingerprint density at radius 3 is 2.48 bits per heavy atom. The van der Waals surface area contributed by atoms with E-state index >= 15 is 0 Å². The van der Waals surface area contributed by atoms with Gasteiger partial charge in [0, 0.05) is 16.3 Å². The molecule has 5 heteroatoms. The van der Waals surface area contributed by atoms with Crippen molar-refractivity contribution >= 4 is 28.8 Å². The molecule has 136 valence electrons. The second-order valence-corrected chi connectivity index (χ2v) is 7.58. The second kappa shape index (κ2) is 7.30. The number of carbonyl (C=O) groups is 1. The van der Waals surface area contributed by atoms with Gasteiger partial charge in [-0.05, 0) is 56.2 Å². The number of nitrogens with one attached hydrogen (secondary N) is 1. The molecule has 0 amide bonds. The van der Waals surface area contributed by atoms with Crippen LogP contribution in [0.2, 0.25) is 5.02 Å². The van der Waals surface area contributed by atoms with E-state index in [1.165, 1.54) is 0 Å². The van der Waals surface area contributed by atoms with Crippen molar-refractivity contribution in [1.29, 1.82) is 5.26 Å². The summed E-state index contributed by atoms with van der Waals surface area (Å²) in [6.07, 6.45) is 1.79. The molecule has 0 fully saturated rings. The van der Waals surface area contributed by atoms with Gasteiger partial charge in [0.25, 0.3) is 0 Å². The van der Waals surface area contributed by atoms with Gasteiger partial charge in [-0.3, -0.25) is 0 Å². The summed E-state index contributed by atoms with van der Waals surface area (Å²) >= 11 is 6.19. The van der Waals surface area contributed by atoms with E-state index in [4.69, 9.17) is 16.3 Å². The Morgan fingerprint density at radius 1 is 1.15 bits per heavy atom. The number of hydrogen-bond acceptors (Lipinski definition) is 4. The lowest BCUT2D eigenvalue weighted by molar-refractivity contribution is -0.149. The van der Waals surface area contributed by atoms with Crippen molar-refractivity contribution < 1.29 is 9.53 Å². The first-order valence-electron chi connectivity index (χ1n) is 8.50. The number of carbonyl (C=O) groups excluding carboxylic acids is 1. The highest BCUT2D eigenvalue weighted by molar-refractivity contribution is 6.31. The predicted molar refractivity (Wildman–Crippen MR) is 107 cm³/mol. The van der Waals surface area contributed by atoms with Crippen LogP contribution in [-0.4, -0.2) is 11.6 Å². The Kier molecular flexibility index (Phi) is 5.07. The Balaban J connectivity index is 2.17. The maximum Gasteiger partial charge on any atom is 0.351 e. The highest BCUT2D eigenvalue weighted by Gasteiger charge is 2.25. The van der Waals surface area contributed by atoms with Gasteiger partial charge in [0.15, 0.2) is 5.57 Å². The van der Waals surface area contributed by atoms with Gasteiger partial charge < -0.3 is 10.1 Å². The third-order valence-electron chi connectivity index (χ3n) is 3.90. The molecule has 0 aromatic heterocycles. The van der Waals surface area contributed by atoms with Crippen LogP contribution in [0.25, 0.3) is 5.57 Å². The summed E-state index contributed by atoms with van der Waals surface area (Å²) in [5.74, 6) is -0.659. The quantitative estimate of drug-likeness (QED) is 0.436. The van der Waals surface area contributed by atoms with Crippen molar-refractivity contribution in [3.63, 3.8) is 0 Å². The van der Waals surface area contributed by atoms with Crippen LogP contribution in [0.5, 0.6) is 0 Å². The first kappa shape index (κ1) is 18.8. The SMILES string of the molecule is CC(C)(C)OC(=O)/C(C#N)=C1\C=C(c2ccccc2)c2cc(Cl)ccc2N1. The maximum atomic E-state index is 12.5. The van der Waals surface area contributed by atoms with Crippen molar-refractivity contribution in [2.24, 2.45) is 0 Å². The van der Waals surface area contributed by atoms with E-state index in [0.717, 1.165) is 22.4 Å². The minimum absolute atomic E-state index is 0.0704. The molecule has 1 heterocycles. The van der Waals surface area contributed by atoms with Crippen LogP contribution in [0.1, 0.15) is 31.9 Å². The lowest BCUT2D eigenvalue weighted by Crippen LogP contribution is -2.26. The number of esters is 1. The monoisotopic (exact) mass is 378 g/mol. The fourth-order valence-electron chi connectivity index (χ4n) is 2.79. The third-order valence-corrected chi connectivity index (χ3v) is 4.13. The lowest BCUT2D eigenvalue weighted by Gasteiger charge is -2.24. The molecular weight excluding hydrogens is 360 g/mol. The lowest BCUT2D eigenvalue weighted by atomic mass is 9.92. The summed E-state index contributed by atoms with van der Waals surface area (Å²) in [7, 11) is 0. The molecule has 4 nitrogen and oxygen atoms in total. The van der Waals surface area contributed by atoms with Crippen LogP contribution in [0.4, 0.5) is 5.69 Å². The summed E-state index contributed by atoms with van der Waals surface area (Å²) in [4.78, 5) is 12.5. The van der Waals surface area contributed by atoms with E-state index in [2.05, 4.69) is 5.32 Å². The molecule has 1 aliphatic rings. The summed E-state index contributed by atoms with van der Waals surface area (Å²) in [6.45, 7) is 5.30. The molecule has 2 aromatic rings. The average Bonchev–Trinajstić information content (AvgIpc) is 2.61. The highest BCUT2D eigenvalue weighted by atomic mass is 35.5. The summed E-state index contributed by atoms with van der Waals surface area (Å²) in [6, 6.07) is 17.2. The molecule has 0 saturated heterocycles. The number of anilines is 1. The fraction of sp³-hybridized carbons (Fsp3) is 0.182. The Morgan fingerprint density at radius 2 is 1.85 bits per heavy atom. The van der Waals surface area contributed by atoms with Crippen LogP contribution in [0.3, 0.4) is 0 Å². The summed E-state index contributed by atoms with van der Waals surface area (Å²) < 4.78 is 5.38. The van der Waals surface area contributed by atoms with E-state index in [1.54, 1.807) is 32.9 Å². The van der Waals surface area contributed by atoms with E-state index < -0.39 is 11.6 Å². The maximum absolute atomic E-state index is 12.5. The number of allylic oxidation sites excluding steroid dienone is 1. The Bertz CT molecular complexity index is 993. The first-order chi connectivity index (χ1) is 12.8. The molecule has 0 bridgehead atoms. The second-order valence-electron chi connectivity index (χ2n) is 7.14. The van der Waals surface area contributed by atoms with Crippen LogP contribution in [0.15, 0.2) is 65.9 Å². The molecule has 3 rings (SSSR count). The molecule has 2 aromatic carbocycles. The number of nitriles is 1. The number of rotatable bonds is 2. The molecule has 0 unspecified atom stereocenters. The first-order valence-corrected chi connectivity index (χ1v) is 8.88. The minimum Gasteiger partial charge on any atom is -0.456 e. The van der Waals surface area contributed by atoms with Crippen LogP contribution >= 0.6 is 11.6 Å². The summed E-state index contributed by atoms with van der Waals surface area (Å²) in [5.41, 5.74) is 3.15. The van der Waals surface area contributed by atoms with Crippen molar-refractivity contribution in [2.75, 3.05) is 5.32 Å². The van der Waals surface area contributed by atoms with Gasteiger partial charge in [-0.15, -0.1) is 0 Å². The zero-order valence-corrected chi connectivity index (χ0v) is 16.1. The van der Waals surface area contributed by atoms with Gasteiger partial charge >= 0.3 is 5.97 Å². The van der Waals surface area contributed by atoms with Crippen molar-refractivity contribution in [3.8, 4) is 6.07 Å². The molecule has 0 saturated carbocycles. The zero-order valence-electron chi connectivity index (χ0n) is 15.3. The van der Waals surface area contributed by atoms with Gasteiger partial charge in [-0.1, -0.05) is 41.9 Å². The molecule has 1 aliphatic heterocycles. The van der Waals surface area contributed by atoms with Crippen LogP contribution in [0, 0.1) is 11.3 Å². The van der Waals surface area contributed by atoms with E-state index in [9.17, 15) is 10.1 Å². The van der Waals surface area contributed by atoms with E-state index in [-0.39, 0.29) is 5.57 Å². The molecule has 0 radical (unpaired) electrons. The Hall–Kier alpha value is -3.03.